The van der Waals surface area contributed by atoms with Crippen LogP contribution in [0.2, 0.25) is 5.02 Å². The Morgan fingerprint density at radius 2 is 1.82 bits per heavy atom. The Morgan fingerprint density at radius 1 is 1.03 bits per heavy atom. The summed E-state index contributed by atoms with van der Waals surface area (Å²) in [6.45, 7) is 2.84. The summed E-state index contributed by atoms with van der Waals surface area (Å²) < 4.78 is 6.06. The van der Waals surface area contributed by atoms with E-state index in [1.54, 1.807) is 36.4 Å². The fourth-order valence-corrected chi connectivity index (χ4v) is 4.35. The minimum atomic E-state index is -0.364. The molecule has 2 aromatic carbocycles. The number of likely N-dealkylation sites (tertiary alicyclic amines) is 1. The van der Waals surface area contributed by atoms with Crippen molar-refractivity contribution in [3.8, 4) is 11.3 Å². The third-order valence-electron chi connectivity index (χ3n) is 5.77. The number of para-hydroxylation sites is 1. The first-order chi connectivity index (χ1) is 16.1. The molecule has 0 radical (unpaired) electrons. The van der Waals surface area contributed by atoms with E-state index < -0.39 is 0 Å². The predicted octanol–water partition coefficient (Wildman–Crippen LogP) is 5.36. The molecule has 1 fully saturated rings. The molecule has 3 heterocycles. The molecule has 166 valence electrons. The number of carbonyl (C=O) groups is 1. The first-order valence-corrected chi connectivity index (χ1v) is 11.3. The molecule has 0 atom stereocenters. The van der Waals surface area contributed by atoms with Crippen molar-refractivity contribution >= 4 is 34.2 Å². The molecule has 1 aliphatic heterocycles. The van der Waals surface area contributed by atoms with Gasteiger partial charge in [0.25, 0.3) is 5.91 Å². The molecule has 0 bridgehead atoms. The molecule has 33 heavy (non-hydrogen) atoms. The molecule has 7 heteroatoms. The lowest BCUT2D eigenvalue weighted by atomic mass is 10.1. The van der Waals surface area contributed by atoms with Gasteiger partial charge < -0.3 is 9.73 Å². The maximum absolute atomic E-state index is 13.0. The Morgan fingerprint density at radius 3 is 2.64 bits per heavy atom. The van der Waals surface area contributed by atoms with Gasteiger partial charge in [-0.25, -0.2) is 4.98 Å². The van der Waals surface area contributed by atoms with E-state index >= 15 is 0 Å². The second-order valence-corrected chi connectivity index (χ2v) is 8.50. The van der Waals surface area contributed by atoms with Crippen molar-refractivity contribution in [2.45, 2.75) is 19.4 Å². The number of nitrogens with zero attached hydrogens (tertiary/aromatic N) is 2. The normalized spacial score (nSPS) is 14.0. The van der Waals surface area contributed by atoms with E-state index in [2.05, 4.69) is 15.2 Å². The van der Waals surface area contributed by atoms with Crippen LogP contribution in [0.5, 0.6) is 0 Å². The largest absolute Gasteiger partial charge is 0.454 e. The van der Waals surface area contributed by atoms with Crippen LogP contribution in [0, 0.1) is 0 Å². The van der Waals surface area contributed by atoms with E-state index in [0.29, 0.717) is 38.7 Å². The van der Waals surface area contributed by atoms with Crippen molar-refractivity contribution in [3.05, 3.63) is 93.4 Å². The molecule has 6 nitrogen and oxygen atoms in total. The number of fused-ring (bicyclic) bond motifs is 1. The van der Waals surface area contributed by atoms with Gasteiger partial charge in [-0.15, -0.1) is 0 Å². The minimum absolute atomic E-state index is 0.215. The summed E-state index contributed by atoms with van der Waals surface area (Å²) in [5, 5.41) is 3.71. The molecular formula is C26H22ClN3O3. The molecule has 0 saturated carbocycles. The monoisotopic (exact) mass is 459 g/mol. The fraction of sp³-hybridized carbons (Fsp3) is 0.192. The van der Waals surface area contributed by atoms with Gasteiger partial charge in [0, 0.05) is 18.2 Å². The highest BCUT2D eigenvalue weighted by Crippen LogP contribution is 2.31. The quantitative estimate of drug-likeness (QED) is 0.435. The Bertz CT molecular complexity index is 1390. The van der Waals surface area contributed by atoms with Gasteiger partial charge in [0.1, 0.15) is 11.5 Å². The fourth-order valence-electron chi connectivity index (χ4n) is 4.12. The van der Waals surface area contributed by atoms with Gasteiger partial charge in [-0.3, -0.25) is 14.5 Å². The maximum atomic E-state index is 13.0. The zero-order chi connectivity index (χ0) is 22.8. The van der Waals surface area contributed by atoms with Crippen molar-refractivity contribution in [2.75, 3.05) is 18.4 Å². The molecule has 1 aliphatic rings. The number of hydrogen-bond donors (Lipinski definition) is 1. The van der Waals surface area contributed by atoms with Gasteiger partial charge in [0.05, 0.1) is 21.8 Å². The average molecular weight is 460 g/mol. The van der Waals surface area contributed by atoms with Gasteiger partial charge in [-0.2, -0.15) is 0 Å². The van der Waals surface area contributed by atoms with E-state index in [1.165, 1.54) is 18.9 Å². The smallest absolute Gasteiger partial charge is 0.274 e. The van der Waals surface area contributed by atoms with Crippen LogP contribution in [0.1, 0.15) is 29.0 Å². The molecule has 1 saturated heterocycles. The van der Waals surface area contributed by atoms with E-state index in [0.717, 1.165) is 25.3 Å². The van der Waals surface area contributed by atoms with Crippen LogP contribution >= 0.6 is 11.6 Å². The number of hydrogen-bond acceptors (Lipinski definition) is 5. The summed E-state index contributed by atoms with van der Waals surface area (Å²) in [6, 6.07) is 19.1. The number of halogens is 1. The van der Waals surface area contributed by atoms with Crippen LogP contribution in [0.25, 0.3) is 22.3 Å². The topological polar surface area (TPSA) is 75.4 Å². The van der Waals surface area contributed by atoms with Crippen molar-refractivity contribution < 1.29 is 9.21 Å². The van der Waals surface area contributed by atoms with Gasteiger partial charge in [-0.1, -0.05) is 35.9 Å². The van der Waals surface area contributed by atoms with Gasteiger partial charge in [0.15, 0.2) is 11.0 Å². The third-order valence-corrected chi connectivity index (χ3v) is 6.10. The zero-order valence-corrected chi connectivity index (χ0v) is 18.6. The lowest BCUT2D eigenvalue weighted by molar-refractivity contribution is 0.102. The first kappa shape index (κ1) is 21.4. The van der Waals surface area contributed by atoms with Gasteiger partial charge >= 0.3 is 0 Å². The molecule has 2 aromatic heterocycles. The Kier molecular flexibility index (Phi) is 5.94. The number of carbonyl (C=O) groups excluding carboxylic acids is 1. The standard InChI is InChI=1S/C26H22ClN3O3/c27-20-10-2-1-8-18(20)24-15-23(31)19-9-6-11-21(25(19)33-24)29-26(32)22-12-5-7-17(28-22)16-30-13-3-4-14-30/h1-2,5-12,15H,3-4,13-14,16H2,(H,29,32). The van der Waals surface area contributed by atoms with E-state index in [1.807, 2.05) is 24.3 Å². The highest BCUT2D eigenvalue weighted by atomic mass is 35.5. The number of benzene rings is 2. The Labute approximate surface area is 195 Å². The summed E-state index contributed by atoms with van der Waals surface area (Å²) in [7, 11) is 0. The van der Waals surface area contributed by atoms with Gasteiger partial charge in [0.2, 0.25) is 0 Å². The van der Waals surface area contributed by atoms with E-state index in [-0.39, 0.29) is 11.3 Å². The van der Waals surface area contributed by atoms with Crippen molar-refractivity contribution in [1.82, 2.24) is 9.88 Å². The van der Waals surface area contributed by atoms with Crippen molar-refractivity contribution in [2.24, 2.45) is 0 Å². The summed E-state index contributed by atoms with van der Waals surface area (Å²) in [4.78, 5) is 32.7. The van der Waals surface area contributed by atoms with Gasteiger partial charge in [-0.05, 0) is 62.3 Å². The molecule has 1 amide bonds. The Balaban J connectivity index is 1.47. The second-order valence-electron chi connectivity index (χ2n) is 8.09. The number of pyridine rings is 1. The SMILES string of the molecule is O=C(Nc1cccc2c(=O)cc(-c3ccccc3Cl)oc12)c1cccc(CN2CCCC2)n1. The Hall–Kier alpha value is -3.48. The van der Waals surface area contributed by atoms with E-state index in [9.17, 15) is 9.59 Å². The number of anilines is 1. The maximum Gasteiger partial charge on any atom is 0.274 e. The highest BCUT2D eigenvalue weighted by molar-refractivity contribution is 6.33. The van der Waals surface area contributed by atoms with Crippen LogP contribution in [-0.4, -0.2) is 28.9 Å². The molecule has 0 unspecified atom stereocenters. The van der Waals surface area contributed by atoms with Crippen molar-refractivity contribution in [3.63, 3.8) is 0 Å². The number of nitrogens with one attached hydrogen (secondary N) is 1. The first-order valence-electron chi connectivity index (χ1n) is 10.9. The molecule has 4 aromatic rings. The van der Waals surface area contributed by atoms with Crippen LogP contribution in [0.4, 0.5) is 5.69 Å². The summed E-state index contributed by atoms with van der Waals surface area (Å²) in [6.07, 6.45) is 2.39. The minimum Gasteiger partial charge on any atom is -0.454 e. The molecule has 1 N–H and O–H groups in total. The van der Waals surface area contributed by atoms with Crippen LogP contribution in [-0.2, 0) is 6.54 Å². The molecule has 0 spiro atoms. The lowest BCUT2D eigenvalue weighted by Crippen LogP contribution is -2.20. The number of amides is 1. The van der Waals surface area contributed by atoms with Crippen LogP contribution in [0.3, 0.4) is 0 Å². The lowest BCUT2D eigenvalue weighted by Gasteiger charge is -2.14. The molecule has 0 aliphatic carbocycles. The predicted molar refractivity (Wildman–Crippen MR) is 130 cm³/mol. The highest BCUT2D eigenvalue weighted by Gasteiger charge is 2.17. The molecule has 5 rings (SSSR count). The number of aromatic nitrogens is 1. The van der Waals surface area contributed by atoms with E-state index in [4.69, 9.17) is 16.0 Å². The average Bonchev–Trinajstić information content (AvgIpc) is 3.33. The van der Waals surface area contributed by atoms with Crippen LogP contribution < -0.4 is 10.7 Å². The van der Waals surface area contributed by atoms with Crippen LogP contribution in [0.15, 0.2) is 75.9 Å². The number of rotatable bonds is 5. The summed E-state index contributed by atoms with van der Waals surface area (Å²) in [5.41, 5.74) is 2.25. The van der Waals surface area contributed by atoms with Crippen molar-refractivity contribution in [1.29, 1.82) is 0 Å². The second kappa shape index (κ2) is 9.17. The summed E-state index contributed by atoms with van der Waals surface area (Å²) >= 11 is 6.30. The zero-order valence-electron chi connectivity index (χ0n) is 17.9. The third kappa shape index (κ3) is 4.53. The molecular weight excluding hydrogens is 438 g/mol. The summed E-state index contributed by atoms with van der Waals surface area (Å²) in [5.74, 6) is -0.0258.